The van der Waals surface area contributed by atoms with Crippen LogP contribution in [-0.4, -0.2) is 17.6 Å². The molecule has 1 aromatic heterocycles. The molecule has 0 unspecified atom stereocenters. The fraction of sp³-hybridized carbons (Fsp3) is 0.455. The molecule has 0 saturated heterocycles. The van der Waals surface area contributed by atoms with Gasteiger partial charge in [-0.2, -0.15) is 0 Å². The summed E-state index contributed by atoms with van der Waals surface area (Å²) in [5.74, 6) is -0.326. The summed E-state index contributed by atoms with van der Waals surface area (Å²) in [4.78, 5) is 16.1. The molecule has 3 nitrogen and oxygen atoms in total. The largest absolute Gasteiger partial charge is 0.462 e. The lowest BCUT2D eigenvalue weighted by atomic mass is 10.1. The monoisotopic (exact) mass is 349 g/mol. The van der Waals surface area contributed by atoms with E-state index in [9.17, 15) is 4.79 Å². The molecule has 0 aliphatic heterocycles. The number of ether oxygens (including phenoxy) is 1. The predicted octanol–water partition coefficient (Wildman–Crippen LogP) is 3.48. The van der Waals surface area contributed by atoms with Crippen molar-refractivity contribution in [1.29, 1.82) is 0 Å². The highest BCUT2D eigenvalue weighted by atomic mass is 79.9. The van der Waals surface area contributed by atoms with E-state index in [0.717, 1.165) is 22.3 Å². The van der Waals surface area contributed by atoms with Crippen molar-refractivity contribution >= 4 is 37.8 Å². The number of alkyl halides is 1. The zero-order valence-corrected chi connectivity index (χ0v) is 12.4. The van der Waals surface area contributed by atoms with E-state index in [0.29, 0.717) is 17.5 Å². The standard InChI is InChI=1S/C11H13Br2NO2/c1-3-9-8(13)5-7(10(6-12)14-9)11(15)16-4-2/h5H,3-4,6H2,1-2H3. The van der Waals surface area contributed by atoms with Gasteiger partial charge in [0.25, 0.3) is 0 Å². The lowest BCUT2D eigenvalue weighted by Gasteiger charge is -2.09. The number of carbonyl (C=O) groups excluding carboxylic acids is 1. The number of pyridine rings is 1. The molecule has 0 amide bonds. The average Bonchev–Trinajstić information content (AvgIpc) is 2.29. The average molecular weight is 351 g/mol. The molecular formula is C11H13Br2NO2. The maximum absolute atomic E-state index is 11.7. The van der Waals surface area contributed by atoms with E-state index in [1.165, 1.54) is 0 Å². The Morgan fingerprint density at radius 2 is 2.12 bits per heavy atom. The van der Waals surface area contributed by atoms with Gasteiger partial charge in [0.1, 0.15) is 0 Å². The fourth-order valence-electron chi connectivity index (χ4n) is 1.31. The number of aromatic nitrogens is 1. The molecule has 0 saturated carbocycles. The maximum Gasteiger partial charge on any atom is 0.340 e. The molecule has 88 valence electrons. The van der Waals surface area contributed by atoms with Gasteiger partial charge in [-0.25, -0.2) is 4.79 Å². The Balaban J connectivity index is 3.17. The van der Waals surface area contributed by atoms with Gasteiger partial charge in [-0.3, -0.25) is 4.98 Å². The molecule has 5 heteroatoms. The molecule has 1 heterocycles. The first kappa shape index (κ1) is 13.6. The van der Waals surface area contributed by atoms with Crippen LogP contribution in [0.5, 0.6) is 0 Å². The van der Waals surface area contributed by atoms with Crippen LogP contribution in [0.3, 0.4) is 0 Å². The van der Waals surface area contributed by atoms with Gasteiger partial charge in [-0.1, -0.05) is 22.9 Å². The number of carbonyl (C=O) groups is 1. The lowest BCUT2D eigenvalue weighted by molar-refractivity contribution is 0.0524. The summed E-state index contributed by atoms with van der Waals surface area (Å²) in [6.07, 6.45) is 0.823. The minimum absolute atomic E-state index is 0.326. The normalized spacial score (nSPS) is 10.2. The number of hydrogen-bond donors (Lipinski definition) is 0. The Hall–Kier alpha value is -0.420. The van der Waals surface area contributed by atoms with Gasteiger partial charge in [0, 0.05) is 9.80 Å². The van der Waals surface area contributed by atoms with Crippen molar-refractivity contribution in [3.8, 4) is 0 Å². The highest BCUT2D eigenvalue weighted by Gasteiger charge is 2.15. The van der Waals surface area contributed by atoms with Crippen LogP contribution < -0.4 is 0 Å². The summed E-state index contributed by atoms with van der Waals surface area (Å²) < 4.78 is 5.83. The zero-order chi connectivity index (χ0) is 12.1. The first-order chi connectivity index (χ1) is 7.63. The Labute approximate surface area is 112 Å². The number of rotatable bonds is 4. The van der Waals surface area contributed by atoms with Crippen molar-refractivity contribution in [3.05, 3.63) is 27.5 Å². The second-order valence-corrected chi connectivity index (χ2v) is 4.53. The lowest BCUT2D eigenvalue weighted by Crippen LogP contribution is -2.10. The predicted molar refractivity (Wildman–Crippen MR) is 69.9 cm³/mol. The molecule has 0 aliphatic carbocycles. The molecule has 1 rings (SSSR count). The molecule has 16 heavy (non-hydrogen) atoms. The third kappa shape index (κ3) is 3.04. The summed E-state index contributed by atoms with van der Waals surface area (Å²) in [5.41, 5.74) is 2.18. The van der Waals surface area contributed by atoms with Crippen LogP contribution in [0.4, 0.5) is 0 Å². The quantitative estimate of drug-likeness (QED) is 0.616. The molecule has 0 fully saturated rings. The molecule has 0 radical (unpaired) electrons. The smallest absolute Gasteiger partial charge is 0.340 e. The van der Waals surface area contributed by atoms with Crippen molar-refractivity contribution in [3.63, 3.8) is 0 Å². The van der Waals surface area contributed by atoms with E-state index < -0.39 is 0 Å². The molecule has 0 atom stereocenters. The topological polar surface area (TPSA) is 39.2 Å². The molecular weight excluding hydrogens is 338 g/mol. The Morgan fingerprint density at radius 1 is 1.44 bits per heavy atom. The van der Waals surface area contributed by atoms with Crippen molar-refractivity contribution in [1.82, 2.24) is 4.98 Å². The highest BCUT2D eigenvalue weighted by molar-refractivity contribution is 9.10. The number of halogens is 2. The van der Waals surface area contributed by atoms with E-state index in [1.807, 2.05) is 6.92 Å². The number of aryl methyl sites for hydroxylation is 1. The number of hydrogen-bond acceptors (Lipinski definition) is 3. The molecule has 1 aromatic rings. The Bertz CT molecular complexity index is 394. The Morgan fingerprint density at radius 3 is 2.62 bits per heavy atom. The first-order valence-electron chi connectivity index (χ1n) is 5.05. The summed E-state index contributed by atoms with van der Waals surface area (Å²) in [6, 6.07) is 1.78. The van der Waals surface area contributed by atoms with Crippen LogP contribution in [-0.2, 0) is 16.5 Å². The van der Waals surface area contributed by atoms with Crippen LogP contribution in [0.15, 0.2) is 10.5 Å². The molecule has 0 aliphatic rings. The van der Waals surface area contributed by atoms with Crippen LogP contribution in [0, 0.1) is 0 Å². The first-order valence-corrected chi connectivity index (χ1v) is 6.96. The summed E-state index contributed by atoms with van der Waals surface area (Å²) >= 11 is 6.73. The van der Waals surface area contributed by atoms with Gasteiger partial charge in [0.05, 0.1) is 23.6 Å². The molecule has 0 N–H and O–H groups in total. The SMILES string of the molecule is CCOC(=O)c1cc(Br)c(CC)nc1CBr. The van der Waals surface area contributed by atoms with Crippen molar-refractivity contribution in [2.45, 2.75) is 25.6 Å². The fourth-order valence-corrected chi connectivity index (χ4v) is 2.33. The zero-order valence-electron chi connectivity index (χ0n) is 9.22. The van der Waals surface area contributed by atoms with Gasteiger partial charge in [0.2, 0.25) is 0 Å². The van der Waals surface area contributed by atoms with Gasteiger partial charge < -0.3 is 4.74 Å². The molecule has 0 spiro atoms. The maximum atomic E-state index is 11.7. The van der Waals surface area contributed by atoms with Gasteiger partial charge in [-0.15, -0.1) is 0 Å². The number of esters is 1. The van der Waals surface area contributed by atoms with E-state index in [2.05, 4.69) is 36.8 Å². The highest BCUT2D eigenvalue weighted by Crippen LogP contribution is 2.22. The van der Waals surface area contributed by atoms with Crippen molar-refractivity contribution in [2.24, 2.45) is 0 Å². The summed E-state index contributed by atoms with van der Waals surface area (Å²) in [7, 11) is 0. The van der Waals surface area contributed by atoms with Crippen LogP contribution in [0.25, 0.3) is 0 Å². The third-order valence-corrected chi connectivity index (χ3v) is 3.30. The minimum atomic E-state index is -0.326. The second-order valence-electron chi connectivity index (χ2n) is 3.12. The summed E-state index contributed by atoms with van der Waals surface area (Å²) in [6.45, 7) is 4.18. The molecule has 0 bridgehead atoms. The van der Waals surface area contributed by atoms with Crippen LogP contribution in [0.1, 0.15) is 35.6 Å². The van der Waals surface area contributed by atoms with Crippen molar-refractivity contribution in [2.75, 3.05) is 6.61 Å². The van der Waals surface area contributed by atoms with Crippen LogP contribution >= 0.6 is 31.9 Å². The van der Waals surface area contributed by atoms with Gasteiger partial charge in [-0.05, 0) is 35.3 Å². The van der Waals surface area contributed by atoms with E-state index in [4.69, 9.17) is 4.74 Å². The van der Waals surface area contributed by atoms with Crippen molar-refractivity contribution < 1.29 is 9.53 Å². The molecule has 0 aromatic carbocycles. The van der Waals surface area contributed by atoms with Gasteiger partial charge in [0.15, 0.2) is 0 Å². The van der Waals surface area contributed by atoms with E-state index in [1.54, 1.807) is 13.0 Å². The van der Waals surface area contributed by atoms with E-state index >= 15 is 0 Å². The number of nitrogens with zero attached hydrogens (tertiary/aromatic N) is 1. The summed E-state index contributed by atoms with van der Waals surface area (Å²) in [5, 5.41) is 0.543. The Kier molecular flexibility index (Phi) is 5.41. The minimum Gasteiger partial charge on any atom is -0.462 e. The second kappa shape index (κ2) is 6.35. The van der Waals surface area contributed by atoms with Gasteiger partial charge >= 0.3 is 5.97 Å². The third-order valence-electron chi connectivity index (χ3n) is 2.08. The van der Waals surface area contributed by atoms with Crippen LogP contribution in [0.2, 0.25) is 0 Å². The van der Waals surface area contributed by atoms with E-state index in [-0.39, 0.29) is 5.97 Å².